The maximum Gasteiger partial charge on any atom is 0.0281 e. The Morgan fingerprint density at radius 3 is 1.52 bits per heavy atom. The van der Waals surface area contributed by atoms with E-state index in [1.54, 1.807) is 0 Å². The lowest BCUT2D eigenvalue weighted by molar-refractivity contribution is 1.27. The number of rotatable bonds is 6. The van der Waals surface area contributed by atoms with Crippen molar-refractivity contribution in [3.63, 3.8) is 0 Å². The topological polar surface area (TPSA) is 0 Å². The zero-order valence-electron chi connectivity index (χ0n) is 11.9. The van der Waals surface area contributed by atoms with E-state index in [-0.39, 0.29) is 0 Å². The van der Waals surface area contributed by atoms with E-state index in [9.17, 15) is 0 Å². The van der Waals surface area contributed by atoms with Crippen molar-refractivity contribution in [1.29, 1.82) is 0 Å². The second-order valence-corrected chi connectivity index (χ2v) is 10.2. The Bertz CT molecular complexity index is 561. The smallest absolute Gasteiger partial charge is 0.0281 e. The van der Waals surface area contributed by atoms with Crippen LogP contribution in [0.25, 0.3) is 0 Å². The van der Waals surface area contributed by atoms with Gasteiger partial charge < -0.3 is 0 Å². The minimum Gasteiger partial charge on any atom is -0.126 e. The molecule has 0 N–H and O–H groups in total. The second kappa shape index (κ2) is 9.30. The molecule has 0 saturated heterocycles. The second-order valence-electron chi connectivity index (χ2n) is 4.15. The standard InChI is InChI=1S/C16H16I2S3/c1-3-19-11-5-7-15(13(17)9-11)21-16-8-6-12(20-4-2)10-14(16)18/h5-10H,3-4H2,1-2H3. The van der Waals surface area contributed by atoms with Crippen molar-refractivity contribution >= 4 is 80.5 Å². The summed E-state index contributed by atoms with van der Waals surface area (Å²) in [5, 5.41) is 0. The molecule has 0 bridgehead atoms. The van der Waals surface area contributed by atoms with Gasteiger partial charge in [-0.1, -0.05) is 25.6 Å². The third-order valence-corrected chi connectivity index (χ3v) is 8.07. The molecule has 0 saturated carbocycles. The summed E-state index contributed by atoms with van der Waals surface area (Å²) in [5.74, 6) is 2.24. The first-order valence-electron chi connectivity index (χ1n) is 6.66. The van der Waals surface area contributed by atoms with E-state index in [0.717, 1.165) is 11.5 Å². The van der Waals surface area contributed by atoms with Gasteiger partial charge in [0.05, 0.1) is 0 Å². The van der Waals surface area contributed by atoms with Gasteiger partial charge in [0.15, 0.2) is 0 Å². The molecule has 5 heteroatoms. The minimum atomic E-state index is 1.12. The van der Waals surface area contributed by atoms with Gasteiger partial charge in [0.1, 0.15) is 0 Å². The van der Waals surface area contributed by atoms with Crippen LogP contribution in [0.4, 0.5) is 0 Å². The molecule has 0 atom stereocenters. The van der Waals surface area contributed by atoms with Crippen molar-refractivity contribution in [1.82, 2.24) is 0 Å². The summed E-state index contributed by atoms with van der Waals surface area (Å²) in [5.41, 5.74) is 0. The lowest BCUT2D eigenvalue weighted by Gasteiger charge is -2.09. The van der Waals surface area contributed by atoms with Crippen molar-refractivity contribution in [3.05, 3.63) is 43.5 Å². The summed E-state index contributed by atoms with van der Waals surface area (Å²) in [7, 11) is 0. The average Bonchev–Trinajstić information content (AvgIpc) is 2.45. The highest BCUT2D eigenvalue weighted by Crippen LogP contribution is 2.37. The molecule has 0 aliphatic heterocycles. The van der Waals surface area contributed by atoms with Gasteiger partial charge in [0, 0.05) is 26.7 Å². The Hall–Kier alpha value is 0.950. The van der Waals surface area contributed by atoms with Crippen LogP contribution in [0.5, 0.6) is 0 Å². The zero-order valence-corrected chi connectivity index (χ0v) is 18.6. The molecule has 2 rings (SSSR count). The first kappa shape index (κ1) is 18.3. The summed E-state index contributed by atoms with van der Waals surface area (Å²) >= 11 is 10.5. The molecule has 2 aromatic carbocycles. The van der Waals surface area contributed by atoms with Crippen LogP contribution in [0.2, 0.25) is 0 Å². The molecule has 0 aliphatic rings. The van der Waals surface area contributed by atoms with Gasteiger partial charge in [-0.05, 0) is 93.1 Å². The first-order valence-corrected chi connectivity index (χ1v) is 11.6. The lowest BCUT2D eigenvalue weighted by Crippen LogP contribution is -1.85. The number of thioether (sulfide) groups is 2. The Labute approximate surface area is 167 Å². The van der Waals surface area contributed by atoms with E-state index in [4.69, 9.17) is 0 Å². The normalized spacial score (nSPS) is 10.9. The van der Waals surface area contributed by atoms with Crippen LogP contribution < -0.4 is 0 Å². The van der Waals surface area contributed by atoms with Crippen molar-refractivity contribution in [2.45, 2.75) is 33.4 Å². The highest BCUT2D eigenvalue weighted by atomic mass is 127. The molecule has 2 aromatic rings. The van der Waals surface area contributed by atoms with Crippen molar-refractivity contribution in [3.8, 4) is 0 Å². The van der Waals surface area contributed by atoms with Gasteiger partial charge in [-0.3, -0.25) is 0 Å². The molecule has 0 spiro atoms. The van der Waals surface area contributed by atoms with Crippen LogP contribution in [-0.4, -0.2) is 11.5 Å². The summed E-state index contributed by atoms with van der Waals surface area (Å²) in [6.45, 7) is 4.39. The van der Waals surface area contributed by atoms with E-state index < -0.39 is 0 Å². The molecule has 0 aliphatic carbocycles. The maximum absolute atomic E-state index is 2.44. The molecule has 0 nitrogen and oxygen atoms in total. The third-order valence-electron chi connectivity index (χ3n) is 2.65. The molecule has 0 heterocycles. The van der Waals surface area contributed by atoms with Gasteiger partial charge in [0.2, 0.25) is 0 Å². The van der Waals surface area contributed by atoms with Gasteiger partial charge in [-0.2, -0.15) is 0 Å². The molecule has 0 fully saturated rings. The molecule has 112 valence electrons. The van der Waals surface area contributed by atoms with E-state index in [1.165, 1.54) is 26.7 Å². The number of halogens is 2. The van der Waals surface area contributed by atoms with Gasteiger partial charge in [0.25, 0.3) is 0 Å². The summed E-state index contributed by atoms with van der Waals surface area (Å²) in [6, 6.07) is 13.5. The minimum absolute atomic E-state index is 1.12. The summed E-state index contributed by atoms with van der Waals surface area (Å²) in [6.07, 6.45) is 0. The van der Waals surface area contributed by atoms with Gasteiger partial charge in [-0.25, -0.2) is 0 Å². The van der Waals surface area contributed by atoms with Crippen LogP contribution >= 0.6 is 80.5 Å². The van der Waals surface area contributed by atoms with E-state index in [0.29, 0.717) is 0 Å². The fraction of sp³-hybridized carbons (Fsp3) is 0.250. The number of hydrogen-bond donors (Lipinski definition) is 0. The van der Waals surface area contributed by atoms with E-state index in [1.807, 2.05) is 35.3 Å². The van der Waals surface area contributed by atoms with Crippen molar-refractivity contribution in [2.75, 3.05) is 11.5 Å². The molecule has 21 heavy (non-hydrogen) atoms. The highest BCUT2D eigenvalue weighted by Gasteiger charge is 2.07. The quantitative estimate of drug-likeness (QED) is 0.271. The van der Waals surface area contributed by atoms with Gasteiger partial charge in [-0.15, -0.1) is 23.5 Å². The van der Waals surface area contributed by atoms with Crippen LogP contribution in [0.3, 0.4) is 0 Å². The average molecular weight is 558 g/mol. The number of benzene rings is 2. The molecule has 0 aromatic heterocycles. The van der Waals surface area contributed by atoms with Crippen molar-refractivity contribution < 1.29 is 0 Å². The number of hydrogen-bond acceptors (Lipinski definition) is 3. The predicted octanol–water partition coefficient (Wildman–Crippen LogP) is 7.27. The van der Waals surface area contributed by atoms with E-state index in [2.05, 4.69) is 95.4 Å². The van der Waals surface area contributed by atoms with Crippen LogP contribution in [0.15, 0.2) is 56.0 Å². The Morgan fingerprint density at radius 2 is 1.19 bits per heavy atom. The monoisotopic (exact) mass is 558 g/mol. The molecule has 0 radical (unpaired) electrons. The fourth-order valence-corrected chi connectivity index (χ4v) is 6.09. The molecular formula is C16H16I2S3. The first-order chi connectivity index (χ1) is 10.1. The largest absolute Gasteiger partial charge is 0.126 e. The molecule has 0 unspecified atom stereocenters. The zero-order chi connectivity index (χ0) is 15.2. The predicted molar refractivity (Wildman–Crippen MR) is 115 cm³/mol. The Morgan fingerprint density at radius 1 is 0.762 bits per heavy atom. The van der Waals surface area contributed by atoms with Crippen LogP contribution in [0, 0.1) is 7.14 Å². The Kier molecular flexibility index (Phi) is 8.10. The van der Waals surface area contributed by atoms with Crippen molar-refractivity contribution in [2.24, 2.45) is 0 Å². The summed E-state index contributed by atoms with van der Waals surface area (Å²) in [4.78, 5) is 5.39. The highest BCUT2D eigenvalue weighted by molar-refractivity contribution is 14.1. The molecule has 0 amide bonds. The Balaban J connectivity index is 2.18. The van der Waals surface area contributed by atoms with Gasteiger partial charge >= 0.3 is 0 Å². The third kappa shape index (κ3) is 5.51. The maximum atomic E-state index is 2.44. The van der Waals surface area contributed by atoms with Crippen LogP contribution in [0.1, 0.15) is 13.8 Å². The molecular weight excluding hydrogens is 542 g/mol. The van der Waals surface area contributed by atoms with Crippen LogP contribution in [-0.2, 0) is 0 Å². The SMILES string of the molecule is CCSc1ccc(Sc2ccc(SCC)cc2I)c(I)c1. The summed E-state index contributed by atoms with van der Waals surface area (Å²) < 4.78 is 2.66. The van der Waals surface area contributed by atoms with E-state index >= 15 is 0 Å². The fourth-order valence-electron chi connectivity index (χ4n) is 1.76. The lowest BCUT2D eigenvalue weighted by atomic mass is 10.4.